The van der Waals surface area contributed by atoms with Crippen LogP contribution in [0.2, 0.25) is 0 Å². The molecule has 1 aliphatic rings. The number of carbonyl (C=O) groups is 1. The number of nitrogens with one attached hydrogen (secondary N) is 2. The van der Waals surface area contributed by atoms with Gasteiger partial charge in [0.15, 0.2) is 0 Å². The Morgan fingerprint density at radius 2 is 2.31 bits per heavy atom. The van der Waals surface area contributed by atoms with Gasteiger partial charge in [-0.2, -0.15) is 0 Å². The molecule has 2 N–H and O–H groups in total. The maximum absolute atomic E-state index is 11.6. The topological polar surface area (TPSA) is 41.1 Å². The first-order valence-electron chi connectivity index (χ1n) is 5.10. The third-order valence-corrected chi connectivity index (χ3v) is 2.72. The first-order valence-corrected chi connectivity index (χ1v) is 5.10. The molecule has 3 nitrogen and oxygen atoms in total. The molecule has 3 heteroatoms. The van der Waals surface area contributed by atoms with Crippen molar-refractivity contribution in [1.82, 2.24) is 10.6 Å². The van der Waals surface area contributed by atoms with Gasteiger partial charge in [0, 0.05) is 5.54 Å². The van der Waals surface area contributed by atoms with Crippen LogP contribution in [0.25, 0.3) is 0 Å². The summed E-state index contributed by atoms with van der Waals surface area (Å²) in [6.07, 6.45) is 3.06. The molecule has 1 rings (SSSR count). The molecule has 13 heavy (non-hydrogen) atoms. The zero-order chi connectivity index (χ0) is 9.90. The minimum atomic E-state index is -0.0681. The maximum atomic E-state index is 11.6. The van der Waals surface area contributed by atoms with Crippen LogP contribution in [0.4, 0.5) is 0 Å². The summed E-state index contributed by atoms with van der Waals surface area (Å²) in [4.78, 5) is 11.6. The van der Waals surface area contributed by atoms with Gasteiger partial charge in [-0.3, -0.25) is 4.79 Å². The van der Waals surface area contributed by atoms with Crippen molar-refractivity contribution in [2.45, 2.75) is 51.6 Å². The van der Waals surface area contributed by atoms with E-state index in [1.54, 1.807) is 0 Å². The van der Waals surface area contributed by atoms with Crippen LogP contribution in [0.5, 0.6) is 0 Å². The SMILES string of the molecule is CCC(C)(C)NC(=O)[C@H]1CCCN1. The van der Waals surface area contributed by atoms with Gasteiger partial charge in [0.05, 0.1) is 6.04 Å². The predicted octanol–water partition coefficient (Wildman–Crippen LogP) is 1.04. The molecular formula is C10H20N2O. The quantitative estimate of drug-likeness (QED) is 0.688. The van der Waals surface area contributed by atoms with Gasteiger partial charge < -0.3 is 10.6 Å². The van der Waals surface area contributed by atoms with E-state index in [1.165, 1.54) is 0 Å². The Labute approximate surface area is 80.3 Å². The van der Waals surface area contributed by atoms with Gasteiger partial charge in [0.25, 0.3) is 0 Å². The van der Waals surface area contributed by atoms with Crippen molar-refractivity contribution in [2.75, 3.05) is 6.54 Å². The summed E-state index contributed by atoms with van der Waals surface area (Å²) in [5, 5.41) is 6.24. The predicted molar refractivity (Wildman–Crippen MR) is 53.5 cm³/mol. The monoisotopic (exact) mass is 184 g/mol. The summed E-state index contributed by atoms with van der Waals surface area (Å²) in [5.74, 6) is 0.157. The Morgan fingerprint density at radius 3 is 2.77 bits per heavy atom. The van der Waals surface area contributed by atoms with E-state index in [2.05, 4.69) is 31.4 Å². The van der Waals surface area contributed by atoms with Crippen LogP contribution in [0.3, 0.4) is 0 Å². The molecule has 1 fully saturated rings. The van der Waals surface area contributed by atoms with E-state index in [1.807, 2.05) is 0 Å². The van der Waals surface area contributed by atoms with E-state index >= 15 is 0 Å². The Hall–Kier alpha value is -0.570. The van der Waals surface area contributed by atoms with Gasteiger partial charge in [-0.1, -0.05) is 6.92 Å². The minimum absolute atomic E-state index is 0.0471. The molecule has 1 saturated heterocycles. The number of carbonyl (C=O) groups excluding carboxylic acids is 1. The Kier molecular flexibility index (Phi) is 3.31. The molecule has 0 unspecified atom stereocenters. The van der Waals surface area contributed by atoms with Crippen LogP contribution in [0.1, 0.15) is 40.0 Å². The highest BCUT2D eigenvalue weighted by Gasteiger charge is 2.26. The Bertz CT molecular complexity index is 183. The molecule has 1 atom stereocenters. The fourth-order valence-corrected chi connectivity index (χ4v) is 1.42. The summed E-state index contributed by atoms with van der Waals surface area (Å²) in [7, 11) is 0. The normalized spacial score (nSPS) is 23.2. The van der Waals surface area contributed by atoms with E-state index in [0.29, 0.717) is 0 Å². The van der Waals surface area contributed by atoms with E-state index in [-0.39, 0.29) is 17.5 Å². The van der Waals surface area contributed by atoms with Crippen LogP contribution in [0, 0.1) is 0 Å². The molecule has 0 aromatic heterocycles. The molecule has 0 spiro atoms. The fourth-order valence-electron chi connectivity index (χ4n) is 1.42. The molecule has 1 heterocycles. The first-order chi connectivity index (χ1) is 6.05. The summed E-state index contributed by atoms with van der Waals surface area (Å²) >= 11 is 0. The average Bonchev–Trinajstić information content (AvgIpc) is 2.55. The molecule has 0 aliphatic carbocycles. The van der Waals surface area contributed by atoms with E-state index < -0.39 is 0 Å². The largest absolute Gasteiger partial charge is 0.350 e. The average molecular weight is 184 g/mol. The summed E-state index contributed by atoms with van der Waals surface area (Å²) in [6.45, 7) is 7.17. The van der Waals surface area contributed by atoms with Crippen LogP contribution in [0.15, 0.2) is 0 Å². The number of amides is 1. The lowest BCUT2D eigenvalue weighted by atomic mass is 10.0. The van der Waals surface area contributed by atoms with Crippen molar-refractivity contribution < 1.29 is 4.79 Å². The Morgan fingerprint density at radius 1 is 1.62 bits per heavy atom. The van der Waals surface area contributed by atoms with Crippen LogP contribution in [-0.4, -0.2) is 24.0 Å². The third kappa shape index (κ3) is 2.99. The molecule has 0 aromatic carbocycles. The highest BCUT2D eigenvalue weighted by molar-refractivity contribution is 5.82. The van der Waals surface area contributed by atoms with Gasteiger partial charge in [-0.15, -0.1) is 0 Å². The summed E-state index contributed by atoms with van der Waals surface area (Å²) < 4.78 is 0. The number of hydrogen-bond acceptors (Lipinski definition) is 2. The number of hydrogen-bond donors (Lipinski definition) is 2. The second-order valence-corrected chi connectivity index (χ2v) is 4.38. The van der Waals surface area contributed by atoms with Crippen LogP contribution >= 0.6 is 0 Å². The third-order valence-electron chi connectivity index (χ3n) is 2.72. The second kappa shape index (κ2) is 4.09. The van der Waals surface area contributed by atoms with Crippen molar-refractivity contribution in [1.29, 1.82) is 0 Å². The zero-order valence-corrected chi connectivity index (χ0v) is 8.81. The molecule has 76 valence electrons. The zero-order valence-electron chi connectivity index (χ0n) is 8.81. The molecule has 0 saturated carbocycles. The smallest absolute Gasteiger partial charge is 0.237 e. The summed E-state index contributed by atoms with van der Waals surface area (Å²) in [6, 6.07) is 0.0471. The van der Waals surface area contributed by atoms with Crippen molar-refractivity contribution in [3.63, 3.8) is 0 Å². The maximum Gasteiger partial charge on any atom is 0.237 e. The van der Waals surface area contributed by atoms with Crippen molar-refractivity contribution in [3.8, 4) is 0 Å². The lowest BCUT2D eigenvalue weighted by Crippen LogP contribution is -2.49. The van der Waals surface area contributed by atoms with Gasteiger partial charge >= 0.3 is 0 Å². The van der Waals surface area contributed by atoms with E-state index in [9.17, 15) is 4.79 Å². The lowest BCUT2D eigenvalue weighted by Gasteiger charge is -2.26. The van der Waals surface area contributed by atoms with Crippen molar-refractivity contribution >= 4 is 5.91 Å². The lowest BCUT2D eigenvalue weighted by molar-refractivity contribution is -0.124. The standard InChI is InChI=1S/C10H20N2O/c1-4-10(2,3)12-9(13)8-6-5-7-11-8/h8,11H,4-7H2,1-3H3,(H,12,13)/t8-/m1/s1. The molecule has 0 aromatic rings. The minimum Gasteiger partial charge on any atom is -0.350 e. The van der Waals surface area contributed by atoms with Crippen LogP contribution in [-0.2, 0) is 4.79 Å². The van der Waals surface area contributed by atoms with Gasteiger partial charge in [-0.05, 0) is 39.7 Å². The Balaban J connectivity index is 2.40. The summed E-state index contributed by atoms with van der Waals surface area (Å²) in [5.41, 5.74) is -0.0681. The van der Waals surface area contributed by atoms with E-state index in [4.69, 9.17) is 0 Å². The highest BCUT2D eigenvalue weighted by atomic mass is 16.2. The molecule has 1 amide bonds. The number of rotatable bonds is 3. The first kappa shape index (κ1) is 10.5. The molecular weight excluding hydrogens is 164 g/mol. The highest BCUT2D eigenvalue weighted by Crippen LogP contribution is 2.10. The second-order valence-electron chi connectivity index (χ2n) is 4.38. The van der Waals surface area contributed by atoms with Crippen molar-refractivity contribution in [2.24, 2.45) is 0 Å². The van der Waals surface area contributed by atoms with Crippen LogP contribution < -0.4 is 10.6 Å². The molecule has 0 radical (unpaired) electrons. The van der Waals surface area contributed by atoms with Gasteiger partial charge in [0.2, 0.25) is 5.91 Å². The van der Waals surface area contributed by atoms with E-state index in [0.717, 1.165) is 25.8 Å². The molecule has 0 bridgehead atoms. The fraction of sp³-hybridized carbons (Fsp3) is 0.900. The van der Waals surface area contributed by atoms with Gasteiger partial charge in [0.1, 0.15) is 0 Å². The molecule has 1 aliphatic heterocycles. The van der Waals surface area contributed by atoms with Gasteiger partial charge in [-0.25, -0.2) is 0 Å². The van der Waals surface area contributed by atoms with Crippen molar-refractivity contribution in [3.05, 3.63) is 0 Å².